The van der Waals surface area contributed by atoms with Gasteiger partial charge in [-0.05, 0) is 61.6 Å². The SMILES string of the molecule is Cc1ccc(NC2CCC(C(C)(C)C)CC2)cc1N(C)C. The highest BCUT2D eigenvalue weighted by molar-refractivity contribution is 5.62. The molecule has 2 heteroatoms. The highest BCUT2D eigenvalue weighted by Gasteiger charge is 2.29. The molecule has 0 radical (unpaired) electrons. The fourth-order valence-corrected chi connectivity index (χ4v) is 3.52. The van der Waals surface area contributed by atoms with Gasteiger partial charge in [-0.25, -0.2) is 0 Å². The van der Waals surface area contributed by atoms with Crippen molar-refractivity contribution in [1.29, 1.82) is 0 Å². The van der Waals surface area contributed by atoms with Gasteiger partial charge in [0.15, 0.2) is 0 Å². The third-order valence-electron chi connectivity index (χ3n) is 5.01. The van der Waals surface area contributed by atoms with E-state index in [1.54, 1.807) is 0 Å². The van der Waals surface area contributed by atoms with Crippen LogP contribution in [-0.2, 0) is 0 Å². The monoisotopic (exact) mass is 288 g/mol. The van der Waals surface area contributed by atoms with Gasteiger partial charge in [0.1, 0.15) is 0 Å². The Morgan fingerprint density at radius 2 is 1.67 bits per heavy atom. The van der Waals surface area contributed by atoms with Crippen LogP contribution in [0.4, 0.5) is 11.4 Å². The Labute approximate surface area is 130 Å². The van der Waals surface area contributed by atoms with Crippen molar-refractivity contribution < 1.29 is 0 Å². The summed E-state index contributed by atoms with van der Waals surface area (Å²) in [6.07, 6.45) is 5.31. The lowest BCUT2D eigenvalue weighted by atomic mass is 9.71. The molecule has 118 valence electrons. The molecule has 0 saturated heterocycles. The van der Waals surface area contributed by atoms with Crippen molar-refractivity contribution in [3.63, 3.8) is 0 Å². The van der Waals surface area contributed by atoms with Crippen molar-refractivity contribution in [2.24, 2.45) is 11.3 Å². The Morgan fingerprint density at radius 3 is 2.19 bits per heavy atom. The van der Waals surface area contributed by atoms with Gasteiger partial charge in [0, 0.05) is 31.5 Å². The maximum absolute atomic E-state index is 3.75. The van der Waals surface area contributed by atoms with E-state index in [0.717, 1.165) is 5.92 Å². The first-order valence-electron chi connectivity index (χ1n) is 8.32. The second-order valence-electron chi connectivity index (χ2n) is 7.95. The summed E-state index contributed by atoms with van der Waals surface area (Å²) in [6, 6.07) is 7.36. The average Bonchev–Trinajstić information content (AvgIpc) is 2.40. The predicted octanol–water partition coefficient (Wildman–Crippen LogP) is 5.08. The molecule has 1 aromatic rings. The van der Waals surface area contributed by atoms with Crippen molar-refractivity contribution in [2.75, 3.05) is 24.3 Å². The molecule has 1 aliphatic rings. The van der Waals surface area contributed by atoms with E-state index >= 15 is 0 Å². The third-order valence-corrected chi connectivity index (χ3v) is 5.01. The summed E-state index contributed by atoms with van der Waals surface area (Å²) in [5.74, 6) is 0.880. The number of hydrogen-bond acceptors (Lipinski definition) is 2. The van der Waals surface area contributed by atoms with Crippen LogP contribution in [0.1, 0.15) is 52.0 Å². The van der Waals surface area contributed by atoms with Crippen LogP contribution in [0.25, 0.3) is 0 Å². The molecule has 1 aliphatic carbocycles. The Hall–Kier alpha value is -1.18. The van der Waals surface area contributed by atoms with E-state index in [-0.39, 0.29) is 0 Å². The van der Waals surface area contributed by atoms with Gasteiger partial charge in [-0.2, -0.15) is 0 Å². The van der Waals surface area contributed by atoms with Gasteiger partial charge in [-0.15, -0.1) is 0 Å². The topological polar surface area (TPSA) is 15.3 Å². The molecule has 0 unspecified atom stereocenters. The molecule has 0 bridgehead atoms. The Morgan fingerprint density at radius 1 is 1.05 bits per heavy atom. The summed E-state index contributed by atoms with van der Waals surface area (Å²) < 4.78 is 0. The Kier molecular flexibility index (Phi) is 4.85. The quantitative estimate of drug-likeness (QED) is 0.834. The maximum Gasteiger partial charge on any atom is 0.0411 e. The molecule has 0 heterocycles. The van der Waals surface area contributed by atoms with Gasteiger partial charge in [0.2, 0.25) is 0 Å². The first kappa shape index (κ1) is 16.2. The second kappa shape index (κ2) is 6.29. The number of benzene rings is 1. The second-order valence-corrected chi connectivity index (χ2v) is 7.95. The van der Waals surface area contributed by atoms with E-state index < -0.39 is 0 Å². The number of anilines is 2. The molecule has 0 atom stereocenters. The maximum atomic E-state index is 3.75. The Bertz CT molecular complexity index is 463. The first-order chi connectivity index (χ1) is 9.77. The zero-order valence-corrected chi connectivity index (χ0v) is 14.7. The van der Waals surface area contributed by atoms with Crippen LogP contribution < -0.4 is 10.2 Å². The van der Waals surface area contributed by atoms with Gasteiger partial charge >= 0.3 is 0 Å². The molecule has 2 nitrogen and oxygen atoms in total. The zero-order chi connectivity index (χ0) is 15.6. The lowest BCUT2D eigenvalue weighted by molar-refractivity contribution is 0.173. The predicted molar refractivity (Wildman–Crippen MR) is 94.3 cm³/mol. The van der Waals surface area contributed by atoms with Gasteiger partial charge in [0.25, 0.3) is 0 Å². The van der Waals surface area contributed by atoms with Crippen molar-refractivity contribution >= 4 is 11.4 Å². The van der Waals surface area contributed by atoms with E-state index in [2.05, 4.69) is 70.2 Å². The van der Waals surface area contributed by atoms with Gasteiger partial charge in [-0.3, -0.25) is 0 Å². The van der Waals surface area contributed by atoms with Crippen molar-refractivity contribution in [3.05, 3.63) is 23.8 Å². The molecule has 0 amide bonds. The molecule has 1 aromatic carbocycles. The number of nitrogens with zero attached hydrogens (tertiary/aromatic N) is 1. The normalized spacial score (nSPS) is 23.0. The largest absolute Gasteiger partial charge is 0.382 e. The standard InChI is InChI=1S/C19H32N2/c1-14-7-10-17(13-18(14)21(5)6)20-16-11-8-15(9-12-16)19(2,3)4/h7,10,13,15-16,20H,8-9,11-12H2,1-6H3. The van der Waals surface area contributed by atoms with E-state index in [1.807, 2.05) is 0 Å². The fourth-order valence-electron chi connectivity index (χ4n) is 3.52. The minimum absolute atomic E-state index is 0.465. The van der Waals surface area contributed by atoms with Gasteiger partial charge in [0.05, 0.1) is 0 Å². The molecule has 0 spiro atoms. The molecular weight excluding hydrogens is 256 g/mol. The number of hydrogen-bond donors (Lipinski definition) is 1. The van der Waals surface area contributed by atoms with Crippen molar-refractivity contribution in [2.45, 2.75) is 59.4 Å². The van der Waals surface area contributed by atoms with Crippen LogP contribution in [0.15, 0.2) is 18.2 Å². The van der Waals surface area contributed by atoms with E-state index in [9.17, 15) is 0 Å². The van der Waals surface area contributed by atoms with E-state index in [4.69, 9.17) is 0 Å². The Balaban J connectivity index is 1.96. The molecule has 0 aromatic heterocycles. The molecule has 2 rings (SSSR count). The summed E-state index contributed by atoms with van der Waals surface area (Å²) in [7, 11) is 4.22. The number of nitrogens with one attached hydrogen (secondary N) is 1. The van der Waals surface area contributed by atoms with Crippen LogP contribution in [0.5, 0.6) is 0 Å². The van der Waals surface area contributed by atoms with Gasteiger partial charge in [-0.1, -0.05) is 26.8 Å². The molecule has 0 aliphatic heterocycles. The summed E-state index contributed by atoms with van der Waals surface area (Å²) in [4.78, 5) is 2.19. The van der Waals surface area contributed by atoms with Crippen molar-refractivity contribution in [3.8, 4) is 0 Å². The van der Waals surface area contributed by atoms with Gasteiger partial charge < -0.3 is 10.2 Å². The average molecular weight is 288 g/mol. The molecule has 1 fully saturated rings. The summed E-state index contributed by atoms with van der Waals surface area (Å²) in [5, 5.41) is 3.75. The number of aryl methyl sites for hydroxylation is 1. The van der Waals surface area contributed by atoms with Crippen LogP contribution in [0.2, 0.25) is 0 Å². The summed E-state index contributed by atoms with van der Waals surface area (Å²) in [5.41, 5.74) is 4.38. The molecule has 1 saturated carbocycles. The molecule has 1 N–H and O–H groups in total. The lowest BCUT2D eigenvalue weighted by Crippen LogP contribution is -2.31. The van der Waals surface area contributed by atoms with E-state index in [0.29, 0.717) is 11.5 Å². The molecular formula is C19H32N2. The minimum atomic E-state index is 0.465. The summed E-state index contributed by atoms with van der Waals surface area (Å²) in [6.45, 7) is 9.33. The third kappa shape index (κ3) is 4.15. The lowest BCUT2D eigenvalue weighted by Gasteiger charge is -2.37. The van der Waals surface area contributed by atoms with Crippen molar-refractivity contribution in [1.82, 2.24) is 0 Å². The highest BCUT2D eigenvalue weighted by Crippen LogP contribution is 2.38. The zero-order valence-electron chi connectivity index (χ0n) is 14.7. The van der Waals surface area contributed by atoms with E-state index in [1.165, 1.54) is 42.6 Å². The number of rotatable bonds is 3. The molecule has 21 heavy (non-hydrogen) atoms. The minimum Gasteiger partial charge on any atom is -0.382 e. The van der Waals surface area contributed by atoms with Crippen LogP contribution in [-0.4, -0.2) is 20.1 Å². The first-order valence-corrected chi connectivity index (χ1v) is 8.32. The van der Waals surface area contributed by atoms with Crippen LogP contribution >= 0.6 is 0 Å². The highest BCUT2D eigenvalue weighted by atomic mass is 15.1. The van der Waals surface area contributed by atoms with Crippen LogP contribution in [0, 0.1) is 18.3 Å². The van der Waals surface area contributed by atoms with Crippen LogP contribution in [0.3, 0.4) is 0 Å². The summed E-state index contributed by atoms with van der Waals surface area (Å²) >= 11 is 0. The smallest absolute Gasteiger partial charge is 0.0411 e. The fraction of sp³-hybridized carbons (Fsp3) is 0.684.